The molecule has 25 heavy (non-hydrogen) atoms. The number of nitrogens with zero attached hydrogens (tertiary/aromatic N) is 2. The lowest BCUT2D eigenvalue weighted by atomic mass is 10.1. The van der Waals surface area contributed by atoms with E-state index in [4.69, 9.17) is 4.74 Å². The quantitative estimate of drug-likeness (QED) is 0.363. The lowest BCUT2D eigenvalue weighted by Gasteiger charge is -2.08. The van der Waals surface area contributed by atoms with Crippen LogP contribution >= 0.6 is 11.8 Å². The van der Waals surface area contributed by atoms with Crippen LogP contribution in [0.15, 0.2) is 72.0 Å². The van der Waals surface area contributed by atoms with Crippen molar-refractivity contribution in [3.8, 4) is 5.75 Å². The van der Waals surface area contributed by atoms with Gasteiger partial charge in [-0.15, -0.1) is 0 Å². The van der Waals surface area contributed by atoms with Gasteiger partial charge in [0.1, 0.15) is 12.4 Å². The molecule has 0 saturated heterocycles. The van der Waals surface area contributed by atoms with E-state index in [1.807, 2.05) is 48.7 Å². The summed E-state index contributed by atoms with van der Waals surface area (Å²) in [5, 5.41) is 0.672. The van der Waals surface area contributed by atoms with Crippen LogP contribution in [-0.4, -0.2) is 22.0 Å². The van der Waals surface area contributed by atoms with Crippen LogP contribution in [-0.2, 0) is 13.0 Å². The number of Topliss-reactive ketones (excluding diaryl/α,β-unsaturated/α-hetero) is 1. The Bertz CT molecular complexity index is 853. The van der Waals surface area contributed by atoms with E-state index < -0.39 is 0 Å². The molecule has 0 fully saturated rings. The van der Waals surface area contributed by atoms with Crippen LogP contribution in [0.1, 0.15) is 21.6 Å². The summed E-state index contributed by atoms with van der Waals surface area (Å²) in [5.74, 6) is 0.693. The summed E-state index contributed by atoms with van der Waals surface area (Å²) < 4.78 is 5.79. The molecular formula is C20H18N2O2S. The summed E-state index contributed by atoms with van der Waals surface area (Å²) in [6.07, 6.45) is 3.84. The van der Waals surface area contributed by atoms with Crippen molar-refractivity contribution in [1.82, 2.24) is 9.97 Å². The molecule has 4 nitrogen and oxygen atoms in total. The zero-order valence-electron chi connectivity index (χ0n) is 13.9. The predicted molar refractivity (Wildman–Crippen MR) is 99.1 cm³/mol. The van der Waals surface area contributed by atoms with Crippen LogP contribution in [0.3, 0.4) is 0 Å². The van der Waals surface area contributed by atoms with Crippen molar-refractivity contribution in [1.29, 1.82) is 0 Å². The molecule has 0 bridgehead atoms. The second kappa shape index (κ2) is 8.44. The van der Waals surface area contributed by atoms with E-state index in [1.165, 1.54) is 11.8 Å². The number of rotatable bonds is 7. The molecule has 3 aromatic rings. The molecule has 1 heterocycles. The number of carbonyl (C=O) groups is 1. The highest BCUT2D eigenvalue weighted by Crippen LogP contribution is 2.17. The summed E-state index contributed by atoms with van der Waals surface area (Å²) in [5.41, 5.74) is 2.43. The van der Waals surface area contributed by atoms with Crippen LogP contribution < -0.4 is 4.74 Å². The molecule has 0 aliphatic carbocycles. The molecule has 2 aromatic carbocycles. The zero-order valence-corrected chi connectivity index (χ0v) is 14.7. The maximum Gasteiger partial charge on any atom is 0.187 e. The number of hydrogen-bond acceptors (Lipinski definition) is 5. The predicted octanol–water partition coefficient (Wildman–Crippen LogP) is 4.20. The summed E-state index contributed by atoms with van der Waals surface area (Å²) >= 11 is 1.46. The Balaban J connectivity index is 1.66. The molecule has 1 aromatic heterocycles. The summed E-state index contributed by atoms with van der Waals surface area (Å²) in [6.45, 7) is 0.474. The van der Waals surface area contributed by atoms with Crippen molar-refractivity contribution in [2.24, 2.45) is 0 Å². The van der Waals surface area contributed by atoms with Gasteiger partial charge in [-0.1, -0.05) is 54.2 Å². The zero-order chi connectivity index (χ0) is 17.5. The van der Waals surface area contributed by atoms with Gasteiger partial charge < -0.3 is 4.74 Å². The van der Waals surface area contributed by atoms with Crippen LogP contribution in [0, 0.1) is 0 Å². The first kappa shape index (κ1) is 17.2. The van der Waals surface area contributed by atoms with E-state index >= 15 is 0 Å². The number of carbonyl (C=O) groups excluding carboxylic acids is 1. The number of thioether (sulfide) groups is 1. The molecule has 0 saturated carbocycles. The number of aromatic nitrogens is 2. The van der Waals surface area contributed by atoms with Gasteiger partial charge in [0, 0.05) is 11.8 Å². The topological polar surface area (TPSA) is 52.1 Å². The largest absolute Gasteiger partial charge is 0.489 e. The highest BCUT2D eigenvalue weighted by atomic mass is 32.2. The minimum absolute atomic E-state index is 0.0101. The summed E-state index contributed by atoms with van der Waals surface area (Å²) in [6, 6.07) is 19.0. The Kier molecular flexibility index (Phi) is 5.80. The average Bonchev–Trinajstić information content (AvgIpc) is 2.67. The van der Waals surface area contributed by atoms with E-state index in [2.05, 4.69) is 9.97 Å². The molecule has 0 aliphatic rings. The first-order valence-electron chi connectivity index (χ1n) is 7.90. The molecule has 0 amide bonds. The molecule has 126 valence electrons. The lowest BCUT2D eigenvalue weighted by Crippen LogP contribution is -2.06. The van der Waals surface area contributed by atoms with Gasteiger partial charge in [-0.2, -0.15) is 0 Å². The standard InChI is InChI=1S/C20H18N2O2S/c1-25-20-21-11-10-17(22-20)13-19(23)16-8-5-9-18(12-16)24-14-15-6-3-2-4-7-15/h2-12H,13-14H2,1H3. The first-order chi connectivity index (χ1) is 12.2. The monoisotopic (exact) mass is 350 g/mol. The van der Waals surface area contributed by atoms with E-state index in [0.29, 0.717) is 23.1 Å². The fourth-order valence-corrected chi connectivity index (χ4v) is 2.71. The molecule has 0 unspecified atom stereocenters. The smallest absolute Gasteiger partial charge is 0.187 e. The maximum atomic E-state index is 12.5. The fourth-order valence-electron chi connectivity index (χ4n) is 2.34. The fraction of sp³-hybridized carbons (Fsp3) is 0.150. The molecule has 5 heteroatoms. The van der Waals surface area contributed by atoms with Crippen LogP contribution in [0.25, 0.3) is 0 Å². The van der Waals surface area contributed by atoms with Gasteiger partial charge in [-0.3, -0.25) is 4.79 Å². The number of ketones is 1. The maximum absolute atomic E-state index is 12.5. The molecule has 0 spiro atoms. The van der Waals surface area contributed by atoms with Gasteiger partial charge in [-0.05, 0) is 30.0 Å². The van der Waals surface area contributed by atoms with E-state index in [-0.39, 0.29) is 12.2 Å². The van der Waals surface area contributed by atoms with E-state index in [9.17, 15) is 4.79 Å². The van der Waals surface area contributed by atoms with Crippen molar-refractivity contribution in [2.75, 3.05) is 6.26 Å². The van der Waals surface area contributed by atoms with Gasteiger partial charge in [-0.25, -0.2) is 9.97 Å². The minimum atomic E-state index is 0.0101. The van der Waals surface area contributed by atoms with E-state index in [1.54, 1.807) is 24.4 Å². The summed E-state index contributed by atoms with van der Waals surface area (Å²) in [4.78, 5) is 21.0. The average molecular weight is 350 g/mol. The van der Waals surface area contributed by atoms with Crippen molar-refractivity contribution >= 4 is 17.5 Å². The molecule has 0 N–H and O–H groups in total. The highest BCUT2D eigenvalue weighted by molar-refractivity contribution is 7.98. The van der Waals surface area contributed by atoms with Crippen molar-refractivity contribution in [2.45, 2.75) is 18.2 Å². The first-order valence-corrected chi connectivity index (χ1v) is 9.13. The molecule has 3 rings (SSSR count). The second-order valence-corrected chi connectivity index (χ2v) is 6.21. The minimum Gasteiger partial charge on any atom is -0.489 e. The summed E-state index contributed by atoms with van der Waals surface area (Å²) in [7, 11) is 0. The Hall–Kier alpha value is -2.66. The van der Waals surface area contributed by atoms with Gasteiger partial charge in [0.25, 0.3) is 0 Å². The third-order valence-electron chi connectivity index (χ3n) is 3.62. The molecule has 0 aliphatic heterocycles. The Morgan fingerprint density at radius 2 is 1.92 bits per heavy atom. The molecule has 0 radical (unpaired) electrons. The highest BCUT2D eigenvalue weighted by Gasteiger charge is 2.10. The third-order valence-corrected chi connectivity index (χ3v) is 4.18. The normalized spacial score (nSPS) is 10.4. The Morgan fingerprint density at radius 3 is 2.72 bits per heavy atom. The number of hydrogen-bond donors (Lipinski definition) is 0. The van der Waals surface area contributed by atoms with Crippen molar-refractivity contribution < 1.29 is 9.53 Å². The second-order valence-electron chi connectivity index (χ2n) is 5.44. The van der Waals surface area contributed by atoms with Gasteiger partial charge in [0.05, 0.1) is 12.1 Å². The number of ether oxygens (including phenoxy) is 1. The van der Waals surface area contributed by atoms with Crippen LogP contribution in [0.4, 0.5) is 0 Å². The van der Waals surface area contributed by atoms with Crippen molar-refractivity contribution in [3.05, 3.63) is 83.7 Å². The van der Waals surface area contributed by atoms with Crippen LogP contribution in [0.2, 0.25) is 0 Å². The van der Waals surface area contributed by atoms with E-state index in [0.717, 1.165) is 11.3 Å². The number of benzene rings is 2. The third kappa shape index (κ3) is 4.90. The SMILES string of the molecule is CSc1nccc(CC(=O)c2cccc(OCc3ccccc3)c2)n1. The van der Waals surface area contributed by atoms with Gasteiger partial charge in [0.15, 0.2) is 10.9 Å². The molecular weight excluding hydrogens is 332 g/mol. The van der Waals surface area contributed by atoms with Gasteiger partial charge >= 0.3 is 0 Å². The van der Waals surface area contributed by atoms with Crippen LogP contribution in [0.5, 0.6) is 5.75 Å². The van der Waals surface area contributed by atoms with Crippen molar-refractivity contribution in [3.63, 3.8) is 0 Å². The lowest BCUT2D eigenvalue weighted by molar-refractivity contribution is 0.0991. The Morgan fingerprint density at radius 1 is 1.08 bits per heavy atom. The Labute approximate surface area is 151 Å². The van der Waals surface area contributed by atoms with Gasteiger partial charge in [0.2, 0.25) is 0 Å². The molecule has 0 atom stereocenters.